The van der Waals surface area contributed by atoms with E-state index in [4.69, 9.17) is 5.11 Å². The molecule has 0 amide bonds. The van der Waals surface area contributed by atoms with Gasteiger partial charge in [0.25, 0.3) is 0 Å². The predicted octanol–water partition coefficient (Wildman–Crippen LogP) is 1.06. The topological polar surface area (TPSA) is 62.0 Å². The van der Waals surface area contributed by atoms with Crippen LogP contribution in [0, 0.1) is 0 Å². The summed E-state index contributed by atoms with van der Waals surface area (Å²) in [4.78, 5) is 10.4. The van der Waals surface area contributed by atoms with Gasteiger partial charge in [0.2, 0.25) is 0 Å². The van der Waals surface area contributed by atoms with Gasteiger partial charge in [-0.15, -0.1) is 5.11 Å². The fraction of sp³-hybridized carbons (Fsp3) is 0.400. The van der Waals surface area contributed by atoms with Gasteiger partial charge in [0, 0.05) is 14.0 Å². The molecule has 0 aromatic carbocycles. The minimum atomic E-state index is -0.303. The largest absolute Gasteiger partial charge is 0.513 e. The first kappa shape index (κ1) is 7.81. The molecule has 0 bridgehead atoms. The average molecular weight is 128 g/mol. The second-order valence-corrected chi connectivity index (χ2v) is 1.37. The highest BCUT2D eigenvalue weighted by molar-refractivity contribution is 5.92. The lowest BCUT2D eigenvalue weighted by Gasteiger charge is -1.86. The van der Waals surface area contributed by atoms with E-state index in [1.54, 1.807) is 0 Å². The molecule has 0 heterocycles. The highest BCUT2D eigenvalue weighted by Crippen LogP contribution is 1.95. The molecule has 0 rings (SSSR count). The van der Waals surface area contributed by atoms with Crippen LogP contribution in [0.1, 0.15) is 6.92 Å². The molecule has 0 aliphatic heterocycles. The van der Waals surface area contributed by atoms with Crippen LogP contribution in [-0.2, 0) is 4.79 Å². The Morgan fingerprint density at radius 2 is 2.22 bits per heavy atom. The zero-order valence-corrected chi connectivity index (χ0v) is 5.33. The molecule has 0 saturated carbocycles. The zero-order valence-electron chi connectivity index (χ0n) is 5.33. The second kappa shape index (κ2) is 3.77. The highest BCUT2D eigenvalue weighted by Gasteiger charge is 1.98. The van der Waals surface area contributed by atoms with E-state index in [1.165, 1.54) is 14.0 Å². The molecule has 0 atom stereocenters. The van der Waals surface area contributed by atoms with Crippen molar-refractivity contribution in [1.29, 1.82) is 0 Å². The number of azo groups is 1. The van der Waals surface area contributed by atoms with Crippen molar-refractivity contribution in [3.05, 3.63) is 12.0 Å². The van der Waals surface area contributed by atoms with Crippen LogP contribution < -0.4 is 0 Å². The van der Waals surface area contributed by atoms with E-state index in [2.05, 4.69) is 10.2 Å². The van der Waals surface area contributed by atoms with Crippen molar-refractivity contribution >= 4 is 5.78 Å². The molecule has 0 unspecified atom stereocenters. The van der Waals surface area contributed by atoms with Crippen LogP contribution in [-0.4, -0.2) is 17.9 Å². The Labute approximate surface area is 52.9 Å². The molecule has 50 valence electrons. The minimum Gasteiger partial charge on any atom is -0.513 e. The van der Waals surface area contributed by atoms with Gasteiger partial charge in [0.05, 0.1) is 0 Å². The maximum Gasteiger partial charge on any atom is 0.183 e. The lowest BCUT2D eigenvalue weighted by Crippen LogP contribution is -1.91. The van der Waals surface area contributed by atoms with Crippen molar-refractivity contribution < 1.29 is 9.90 Å². The Hall–Kier alpha value is -1.19. The Bertz CT molecular complexity index is 160. The molecular formula is C5H8N2O2. The average Bonchev–Trinajstić information content (AvgIpc) is 1.82. The summed E-state index contributed by atoms with van der Waals surface area (Å²) in [6.45, 7) is 1.30. The van der Waals surface area contributed by atoms with Crippen molar-refractivity contribution in [2.75, 3.05) is 7.05 Å². The molecule has 0 aliphatic carbocycles. The summed E-state index contributed by atoms with van der Waals surface area (Å²) < 4.78 is 0. The van der Waals surface area contributed by atoms with Gasteiger partial charge < -0.3 is 5.11 Å². The summed E-state index contributed by atoms with van der Waals surface area (Å²) in [5, 5.41) is 14.9. The fourth-order valence-corrected chi connectivity index (χ4v) is 0.295. The van der Waals surface area contributed by atoms with Crippen molar-refractivity contribution in [3.63, 3.8) is 0 Å². The molecule has 1 N–H and O–H groups in total. The molecule has 4 nitrogen and oxygen atoms in total. The third-order valence-corrected chi connectivity index (χ3v) is 0.691. The normalized spacial score (nSPS) is 12.4. The van der Waals surface area contributed by atoms with Gasteiger partial charge in [-0.2, -0.15) is 5.11 Å². The van der Waals surface area contributed by atoms with Crippen LogP contribution >= 0.6 is 0 Å². The van der Waals surface area contributed by atoms with Crippen LogP contribution in [0.15, 0.2) is 22.2 Å². The molecule has 0 aliphatic rings. The molecule has 0 fully saturated rings. The summed E-state index contributed by atoms with van der Waals surface area (Å²) in [6, 6.07) is 0. The standard InChI is InChI=1S/C5H8N2O2/c1-4(9)5(3-8)7-6-2/h3,8H,1-2H3. The Morgan fingerprint density at radius 3 is 2.33 bits per heavy atom. The van der Waals surface area contributed by atoms with Gasteiger partial charge in [-0.1, -0.05) is 0 Å². The van der Waals surface area contributed by atoms with Gasteiger partial charge in [-0.05, 0) is 0 Å². The summed E-state index contributed by atoms with van der Waals surface area (Å²) >= 11 is 0. The van der Waals surface area contributed by atoms with Crippen molar-refractivity contribution in [2.45, 2.75) is 6.92 Å². The number of allylic oxidation sites excluding steroid dienone is 1. The summed E-state index contributed by atoms with van der Waals surface area (Å²) in [7, 11) is 1.42. The Morgan fingerprint density at radius 1 is 1.67 bits per heavy atom. The number of rotatable bonds is 2. The van der Waals surface area contributed by atoms with E-state index in [9.17, 15) is 4.79 Å². The van der Waals surface area contributed by atoms with Gasteiger partial charge in [-0.3, -0.25) is 4.79 Å². The first-order valence-corrected chi connectivity index (χ1v) is 2.37. The number of hydrogen-bond acceptors (Lipinski definition) is 4. The van der Waals surface area contributed by atoms with E-state index in [0.717, 1.165) is 0 Å². The number of carbonyl (C=O) groups is 1. The maximum atomic E-state index is 10.4. The first-order chi connectivity index (χ1) is 4.22. The van der Waals surface area contributed by atoms with Gasteiger partial charge >= 0.3 is 0 Å². The van der Waals surface area contributed by atoms with E-state index in [-0.39, 0.29) is 11.5 Å². The highest BCUT2D eigenvalue weighted by atomic mass is 16.2. The van der Waals surface area contributed by atoms with Gasteiger partial charge in [0.1, 0.15) is 6.26 Å². The second-order valence-electron chi connectivity index (χ2n) is 1.37. The minimum absolute atomic E-state index is 0.0301. The smallest absolute Gasteiger partial charge is 0.183 e. The van der Waals surface area contributed by atoms with Crippen LogP contribution in [0.2, 0.25) is 0 Å². The van der Waals surface area contributed by atoms with E-state index in [1.807, 2.05) is 0 Å². The lowest BCUT2D eigenvalue weighted by atomic mass is 10.4. The lowest BCUT2D eigenvalue weighted by molar-refractivity contribution is -0.113. The monoisotopic (exact) mass is 128 g/mol. The third kappa shape index (κ3) is 2.58. The van der Waals surface area contributed by atoms with E-state index in [0.29, 0.717) is 6.26 Å². The van der Waals surface area contributed by atoms with Crippen LogP contribution in [0.25, 0.3) is 0 Å². The van der Waals surface area contributed by atoms with Crippen LogP contribution in [0.3, 0.4) is 0 Å². The first-order valence-electron chi connectivity index (χ1n) is 2.37. The number of aliphatic hydroxyl groups is 1. The number of carbonyl (C=O) groups excluding carboxylic acids is 1. The molecule has 4 heteroatoms. The van der Waals surface area contributed by atoms with Crippen LogP contribution in [0.5, 0.6) is 0 Å². The Balaban J connectivity index is 4.19. The molecule has 0 saturated heterocycles. The number of nitrogens with zero attached hydrogens (tertiary/aromatic N) is 2. The molecular weight excluding hydrogens is 120 g/mol. The van der Waals surface area contributed by atoms with E-state index >= 15 is 0 Å². The molecule has 0 spiro atoms. The number of Topliss-reactive ketones (excluding diaryl/α,β-unsaturated/α-hetero) is 1. The summed E-state index contributed by atoms with van der Waals surface area (Å²) in [5.74, 6) is -0.303. The number of aliphatic hydroxyl groups excluding tert-OH is 1. The predicted molar refractivity (Wildman–Crippen MR) is 32.2 cm³/mol. The number of hydrogen-bond donors (Lipinski definition) is 1. The van der Waals surface area contributed by atoms with Gasteiger partial charge in [0.15, 0.2) is 11.5 Å². The Kier molecular flexibility index (Phi) is 3.27. The number of ketones is 1. The SMILES string of the molecule is CN=NC(=CO)C(C)=O. The van der Waals surface area contributed by atoms with Crippen molar-refractivity contribution in [1.82, 2.24) is 0 Å². The van der Waals surface area contributed by atoms with Crippen molar-refractivity contribution in [3.8, 4) is 0 Å². The van der Waals surface area contributed by atoms with Crippen molar-refractivity contribution in [2.24, 2.45) is 10.2 Å². The van der Waals surface area contributed by atoms with Crippen LogP contribution in [0.4, 0.5) is 0 Å². The molecule has 0 aromatic rings. The molecule has 0 radical (unpaired) electrons. The quantitative estimate of drug-likeness (QED) is 0.343. The molecule has 0 aromatic heterocycles. The molecule has 9 heavy (non-hydrogen) atoms. The van der Waals surface area contributed by atoms with E-state index < -0.39 is 0 Å². The summed E-state index contributed by atoms with van der Waals surface area (Å²) in [6.07, 6.45) is 0.634. The maximum absolute atomic E-state index is 10.4. The van der Waals surface area contributed by atoms with Gasteiger partial charge in [-0.25, -0.2) is 0 Å². The fourth-order valence-electron chi connectivity index (χ4n) is 0.295. The third-order valence-electron chi connectivity index (χ3n) is 0.691. The zero-order chi connectivity index (χ0) is 7.28. The summed E-state index contributed by atoms with van der Waals surface area (Å²) in [5.41, 5.74) is -0.0301.